The molecule has 0 aromatic carbocycles. The maximum absolute atomic E-state index is 13.3. The Morgan fingerprint density at radius 2 is 2.12 bits per heavy atom. The average molecular weight is 461 g/mol. The molecule has 2 amide bonds. The van der Waals surface area contributed by atoms with Gasteiger partial charge in [-0.15, -0.1) is 0 Å². The van der Waals surface area contributed by atoms with Crippen molar-refractivity contribution in [2.24, 2.45) is 0 Å². The number of carbonyl (C=O) groups is 2. The van der Waals surface area contributed by atoms with E-state index in [9.17, 15) is 9.59 Å². The summed E-state index contributed by atoms with van der Waals surface area (Å²) >= 11 is 0. The number of aryl methyl sites for hydroxylation is 1. The predicted octanol–water partition coefficient (Wildman–Crippen LogP) is 1.67. The van der Waals surface area contributed by atoms with Crippen LogP contribution in [0, 0.1) is 12.3 Å². The van der Waals surface area contributed by atoms with Gasteiger partial charge in [-0.3, -0.25) is 4.79 Å². The van der Waals surface area contributed by atoms with Crippen LogP contribution in [0.25, 0.3) is 0 Å². The van der Waals surface area contributed by atoms with E-state index >= 15 is 0 Å². The Morgan fingerprint density at radius 1 is 1.36 bits per heavy atom. The summed E-state index contributed by atoms with van der Waals surface area (Å²) in [5.74, 6) is 0.551. The Labute approximate surface area is 195 Å². The lowest BCUT2D eigenvalue weighted by Crippen LogP contribution is -2.56. The van der Waals surface area contributed by atoms with Crippen molar-refractivity contribution in [3.8, 4) is 0 Å². The smallest absolute Gasteiger partial charge is 0.406 e. The molecule has 4 N–H and O–H groups in total. The molecular formula is C23H36N6O4. The van der Waals surface area contributed by atoms with Crippen molar-refractivity contribution < 1.29 is 19.1 Å². The number of morpholine rings is 1. The molecule has 1 saturated carbocycles. The Hall–Kier alpha value is -2.72. The Bertz CT molecular complexity index is 851. The lowest BCUT2D eigenvalue weighted by atomic mass is 10.0. The molecule has 2 heterocycles. The van der Waals surface area contributed by atoms with Crippen LogP contribution in [0.1, 0.15) is 44.4 Å². The number of rotatable bonds is 10. The van der Waals surface area contributed by atoms with E-state index in [-0.39, 0.29) is 18.0 Å². The van der Waals surface area contributed by atoms with E-state index < -0.39 is 18.2 Å². The summed E-state index contributed by atoms with van der Waals surface area (Å²) in [6, 6.07) is 3.73. The Balaban J connectivity index is 1.68. The molecule has 0 radical (unpaired) electrons. The third-order valence-corrected chi connectivity index (χ3v) is 5.93. The van der Waals surface area contributed by atoms with Crippen LogP contribution in [0.15, 0.2) is 12.1 Å². The molecule has 0 bridgehead atoms. The van der Waals surface area contributed by atoms with Crippen LogP contribution in [0.4, 0.5) is 10.6 Å². The van der Waals surface area contributed by atoms with Crippen LogP contribution in [0.5, 0.6) is 0 Å². The molecule has 182 valence electrons. The lowest BCUT2D eigenvalue weighted by molar-refractivity contribution is -0.147. The van der Waals surface area contributed by atoms with Crippen molar-refractivity contribution in [1.29, 1.82) is 5.41 Å². The fourth-order valence-electron chi connectivity index (χ4n) is 3.88. The van der Waals surface area contributed by atoms with Gasteiger partial charge in [0.1, 0.15) is 11.9 Å². The number of amides is 2. The molecule has 2 aliphatic rings. The first-order valence-electron chi connectivity index (χ1n) is 11.6. The van der Waals surface area contributed by atoms with Gasteiger partial charge in [0, 0.05) is 43.0 Å². The molecule has 1 aromatic rings. The number of ether oxygens (including phenoxy) is 2. The second kappa shape index (κ2) is 11.4. The molecule has 1 aliphatic heterocycles. The minimum absolute atomic E-state index is 0.0578. The van der Waals surface area contributed by atoms with Crippen molar-refractivity contribution in [2.75, 3.05) is 38.7 Å². The molecule has 0 spiro atoms. The number of methoxy groups -OCH3 is 1. The first-order chi connectivity index (χ1) is 15.8. The van der Waals surface area contributed by atoms with Gasteiger partial charge >= 0.3 is 6.09 Å². The quantitative estimate of drug-likeness (QED) is 0.309. The second-order valence-corrected chi connectivity index (χ2v) is 8.75. The van der Waals surface area contributed by atoms with Crippen LogP contribution in [-0.4, -0.2) is 85.2 Å². The molecule has 33 heavy (non-hydrogen) atoms. The highest BCUT2D eigenvalue weighted by atomic mass is 16.5. The maximum Gasteiger partial charge on any atom is 0.406 e. The summed E-state index contributed by atoms with van der Waals surface area (Å²) < 4.78 is 10.4. The van der Waals surface area contributed by atoms with Crippen molar-refractivity contribution >= 4 is 23.5 Å². The highest BCUT2D eigenvalue weighted by Gasteiger charge is 2.41. The summed E-state index contributed by atoms with van der Waals surface area (Å²) in [5, 5.41) is 18.2. The van der Waals surface area contributed by atoms with Crippen molar-refractivity contribution in [2.45, 2.75) is 64.3 Å². The summed E-state index contributed by atoms with van der Waals surface area (Å²) in [4.78, 5) is 30.9. The Morgan fingerprint density at radius 3 is 2.76 bits per heavy atom. The number of aromatic nitrogens is 1. The number of nitrogens with one attached hydrogen (secondary N) is 4. The minimum atomic E-state index is -0.520. The van der Waals surface area contributed by atoms with Crippen LogP contribution in [0.3, 0.4) is 0 Å². The third-order valence-electron chi connectivity index (χ3n) is 5.93. The largest absolute Gasteiger partial charge is 0.453 e. The van der Waals surface area contributed by atoms with Gasteiger partial charge in [-0.2, -0.15) is 0 Å². The summed E-state index contributed by atoms with van der Waals surface area (Å²) in [6.45, 7) is 7.86. The van der Waals surface area contributed by atoms with Crippen LogP contribution >= 0.6 is 0 Å². The number of hydrogen-bond acceptors (Lipinski definition) is 8. The van der Waals surface area contributed by atoms with Gasteiger partial charge in [-0.1, -0.05) is 0 Å². The molecule has 3 atom stereocenters. The molecule has 10 heteroatoms. The van der Waals surface area contributed by atoms with Gasteiger partial charge in [-0.05, 0) is 52.2 Å². The van der Waals surface area contributed by atoms with E-state index in [1.807, 2.05) is 37.8 Å². The minimum Gasteiger partial charge on any atom is -0.453 e. The van der Waals surface area contributed by atoms with E-state index in [4.69, 9.17) is 10.1 Å². The Kier molecular flexibility index (Phi) is 8.62. The molecule has 1 aromatic heterocycles. The molecular weight excluding hydrogens is 424 g/mol. The highest BCUT2D eigenvalue weighted by Crippen LogP contribution is 2.31. The first kappa shape index (κ1) is 24.9. The van der Waals surface area contributed by atoms with E-state index in [0.29, 0.717) is 49.8 Å². The topological polar surface area (TPSA) is 129 Å². The zero-order valence-corrected chi connectivity index (χ0v) is 19.9. The SMILES string of the molecule is COC(=O)NCCCNc1nc(C)ccc1C(=N)[C@@H](C)N(C(=O)[C@H]1CN[C@@H](C)CO1)C1CC1. The fraction of sp³-hybridized carbons (Fsp3) is 0.652. The van der Waals surface area contributed by atoms with Crippen molar-refractivity contribution in [1.82, 2.24) is 20.5 Å². The molecule has 0 unspecified atom stereocenters. The number of carbonyl (C=O) groups excluding carboxylic acids is 2. The van der Waals surface area contributed by atoms with E-state index in [1.165, 1.54) is 7.11 Å². The first-order valence-corrected chi connectivity index (χ1v) is 11.6. The van der Waals surface area contributed by atoms with Gasteiger partial charge in [0.2, 0.25) is 0 Å². The summed E-state index contributed by atoms with van der Waals surface area (Å²) in [5.41, 5.74) is 1.85. The lowest BCUT2D eigenvalue weighted by Gasteiger charge is -2.35. The number of nitrogens with zero attached hydrogens (tertiary/aromatic N) is 2. The number of anilines is 1. The fourth-order valence-corrected chi connectivity index (χ4v) is 3.88. The molecule has 2 fully saturated rings. The number of alkyl carbamates (subject to hydrolysis) is 1. The number of pyridine rings is 1. The van der Waals surface area contributed by atoms with Gasteiger partial charge in [0.25, 0.3) is 5.91 Å². The second-order valence-electron chi connectivity index (χ2n) is 8.75. The molecule has 1 aliphatic carbocycles. The number of hydrogen-bond donors (Lipinski definition) is 4. The summed E-state index contributed by atoms with van der Waals surface area (Å²) in [6.07, 6.45) is 1.59. The molecule has 1 saturated heterocycles. The monoisotopic (exact) mass is 460 g/mol. The normalized spacial score (nSPS) is 21.1. The van der Waals surface area contributed by atoms with E-state index in [0.717, 1.165) is 18.5 Å². The predicted molar refractivity (Wildman–Crippen MR) is 126 cm³/mol. The maximum atomic E-state index is 13.3. The zero-order chi connectivity index (χ0) is 24.0. The average Bonchev–Trinajstić information content (AvgIpc) is 3.64. The van der Waals surface area contributed by atoms with Gasteiger partial charge in [0.05, 0.1) is 25.5 Å². The van der Waals surface area contributed by atoms with Gasteiger partial charge in [0.15, 0.2) is 0 Å². The zero-order valence-electron chi connectivity index (χ0n) is 19.9. The van der Waals surface area contributed by atoms with Gasteiger partial charge < -0.3 is 35.7 Å². The van der Waals surface area contributed by atoms with E-state index in [2.05, 4.69) is 25.7 Å². The third kappa shape index (κ3) is 6.64. The molecule has 3 rings (SSSR count). The van der Waals surface area contributed by atoms with Crippen molar-refractivity contribution in [3.63, 3.8) is 0 Å². The van der Waals surface area contributed by atoms with E-state index in [1.54, 1.807) is 0 Å². The molecule has 10 nitrogen and oxygen atoms in total. The van der Waals surface area contributed by atoms with Gasteiger partial charge in [-0.25, -0.2) is 9.78 Å². The van der Waals surface area contributed by atoms with Crippen LogP contribution in [0.2, 0.25) is 0 Å². The van der Waals surface area contributed by atoms with Crippen LogP contribution in [-0.2, 0) is 14.3 Å². The van der Waals surface area contributed by atoms with Crippen LogP contribution < -0.4 is 16.0 Å². The highest BCUT2D eigenvalue weighted by molar-refractivity contribution is 6.07. The van der Waals surface area contributed by atoms with Crippen molar-refractivity contribution in [3.05, 3.63) is 23.4 Å². The standard InChI is InChI=1S/C23H36N6O4/c1-14-6-9-18(21(28-14)25-10-5-11-26-23(31)32-4)20(24)16(3)29(17-7-8-17)22(30)19-12-27-15(2)13-33-19/h6,9,15-17,19,24,27H,5,7-8,10-13H2,1-4H3,(H,25,28)(H,26,31)/t15-,16+,19+/m0/s1. The summed E-state index contributed by atoms with van der Waals surface area (Å²) in [7, 11) is 1.33.